The number of amides is 1. The Morgan fingerprint density at radius 1 is 1.22 bits per heavy atom. The second-order valence-corrected chi connectivity index (χ2v) is 6.05. The molecule has 0 aliphatic heterocycles. The van der Waals surface area contributed by atoms with E-state index in [1.165, 1.54) is 26.4 Å². The molecule has 5 nitrogen and oxygen atoms in total. The summed E-state index contributed by atoms with van der Waals surface area (Å²) in [6.07, 6.45) is 5.46. The Hall–Kier alpha value is -1.88. The lowest BCUT2D eigenvalue weighted by Crippen LogP contribution is -2.26. The topological polar surface area (TPSA) is 75.6 Å². The standard InChI is InChI=1S/C18H25NO4/c1-23-16(20)11-12-19-18(22)15-9-7-14(8-10-15)17(21)13-5-3-2-4-6-13/h7-10,13,17,21H,2-6,11-12H2,1H3,(H,19,22). The highest BCUT2D eigenvalue weighted by Gasteiger charge is 2.23. The molecule has 2 rings (SSSR count). The number of carbonyl (C=O) groups is 2. The summed E-state index contributed by atoms with van der Waals surface area (Å²) in [7, 11) is 1.32. The molecule has 1 fully saturated rings. The predicted octanol–water partition coefficient (Wildman–Crippen LogP) is 2.59. The van der Waals surface area contributed by atoms with Crippen molar-refractivity contribution < 1.29 is 19.4 Å². The molecular formula is C18H25NO4. The summed E-state index contributed by atoms with van der Waals surface area (Å²) in [5, 5.41) is 13.1. The Morgan fingerprint density at radius 3 is 2.48 bits per heavy atom. The summed E-state index contributed by atoms with van der Waals surface area (Å²) in [6.45, 7) is 0.248. The molecule has 1 atom stereocenters. The van der Waals surface area contributed by atoms with Gasteiger partial charge in [-0.3, -0.25) is 9.59 Å². The third-order valence-corrected chi connectivity index (χ3v) is 4.45. The summed E-state index contributed by atoms with van der Waals surface area (Å²) in [6, 6.07) is 7.06. The van der Waals surface area contributed by atoms with Crippen molar-refractivity contribution in [1.29, 1.82) is 0 Å². The van der Waals surface area contributed by atoms with Gasteiger partial charge in [-0.05, 0) is 36.5 Å². The van der Waals surface area contributed by atoms with Gasteiger partial charge in [-0.2, -0.15) is 0 Å². The number of ether oxygens (including phenoxy) is 1. The van der Waals surface area contributed by atoms with Gasteiger partial charge in [0.2, 0.25) is 0 Å². The van der Waals surface area contributed by atoms with Crippen molar-refractivity contribution in [1.82, 2.24) is 5.32 Å². The molecule has 126 valence electrons. The molecule has 1 aliphatic rings. The molecule has 1 unspecified atom stereocenters. The number of nitrogens with one attached hydrogen (secondary N) is 1. The average molecular weight is 319 g/mol. The molecule has 1 aromatic carbocycles. The van der Waals surface area contributed by atoms with E-state index in [0.29, 0.717) is 11.5 Å². The van der Waals surface area contributed by atoms with Gasteiger partial charge in [-0.1, -0.05) is 31.4 Å². The highest BCUT2D eigenvalue weighted by atomic mass is 16.5. The molecular weight excluding hydrogens is 294 g/mol. The van der Waals surface area contributed by atoms with Crippen LogP contribution < -0.4 is 5.32 Å². The molecule has 1 amide bonds. The maximum absolute atomic E-state index is 12.0. The van der Waals surface area contributed by atoms with E-state index in [2.05, 4.69) is 10.1 Å². The van der Waals surface area contributed by atoms with Gasteiger partial charge in [-0.15, -0.1) is 0 Å². The highest BCUT2D eigenvalue weighted by Crippen LogP contribution is 2.34. The van der Waals surface area contributed by atoms with Crippen molar-refractivity contribution in [2.75, 3.05) is 13.7 Å². The fourth-order valence-corrected chi connectivity index (χ4v) is 3.04. The predicted molar refractivity (Wildman–Crippen MR) is 86.9 cm³/mol. The maximum atomic E-state index is 12.0. The van der Waals surface area contributed by atoms with Crippen LogP contribution in [0.5, 0.6) is 0 Å². The molecule has 1 saturated carbocycles. The second-order valence-electron chi connectivity index (χ2n) is 6.05. The van der Waals surface area contributed by atoms with Crippen LogP contribution in [-0.4, -0.2) is 30.6 Å². The van der Waals surface area contributed by atoms with E-state index < -0.39 is 6.10 Å². The molecule has 5 heteroatoms. The van der Waals surface area contributed by atoms with E-state index in [0.717, 1.165) is 18.4 Å². The number of methoxy groups -OCH3 is 1. The van der Waals surface area contributed by atoms with Crippen LogP contribution in [0.4, 0.5) is 0 Å². The smallest absolute Gasteiger partial charge is 0.307 e. The second kappa shape index (κ2) is 8.67. The highest BCUT2D eigenvalue weighted by molar-refractivity contribution is 5.94. The molecule has 0 bridgehead atoms. The fourth-order valence-electron chi connectivity index (χ4n) is 3.04. The van der Waals surface area contributed by atoms with Gasteiger partial charge in [-0.25, -0.2) is 0 Å². The monoisotopic (exact) mass is 319 g/mol. The molecule has 0 spiro atoms. The van der Waals surface area contributed by atoms with E-state index >= 15 is 0 Å². The Balaban J connectivity index is 1.88. The summed E-state index contributed by atoms with van der Waals surface area (Å²) in [4.78, 5) is 23.0. The Labute approximate surface area is 137 Å². The number of carbonyl (C=O) groups excluding carboxylic acids is 2. The minimum Gasteiger partial charge on any atom is -0.469 e. The van der Waals surface area contributed by atoms with Crippen molar-refractivity contribution in [3.63, 3.8) is 0 Å². The average Bonchev–Trinajstić information content (AvgIpc) is 2.61. The van der Waals surface area contributed by atoms with Gasteiger partial charge in [0.1, 0.15) is 0 Å². The van der Waals surface area contributed by atoms with Gasteiger partial charge < -0.3 is 15.2 Å². The maximum Gasteiger partial charge on any atom is 0.307 e. The van der Waals surface area contributed by atoms with Crippen molar-refractivity contribution in [3.05, 3.63) is 35.4 Å². The lowest BCUT2D eigenvalue weighted by molar-refractivity contribution is -0.140. The number of hydrogen-bond donors (Lipinski definition) is 2. The summed E-state index contributed by atoms with van der Waals surface area (Å²) >= 11 is 0. The first kappa shape index (κ1) is 17.5. The normalized spacial score (nSPS) is 16.6. The lowest BCUT2D eigenvalue weighted by atomic mass is 9.82. The summed E-state index contributed by atoms with van der Waals surface area (Å²) < 4.78 is 4.52. The summed E-state index contributed by atoms with van der Waals surface area (Å²) in [5.41, 5.74) is 1.39. The third-order valence-electron chi connectivity index (χ3n) is 4.45. The quantitative estimate of drug-likeness (QED) is 0.790. The van der Waals surface area contributed by atoms with Crippen LogP contribution in [-0.2, 0) is 9.53 Å². The zero-order valence-electron chi connectivity index (χ0n) is 13.6. The first-order valence-electron chi connectivity index (χ1n) is 8.25. The number of aliphatic hydroxyl groups excluding tert-OH is 1. The largest absolute Gasteiger partial charge is 0.469 e. The van der Waals surface area contributed by atoms with Crippen molar-refractivity contribution in [2.24, 2.45) is 5.92 Å². The zero-order valence-corrected chi connectivity index (χ0v) is 13.6. The van der Waals surface area contributed by atoms with E-state index in [9.17, 15) is 14.7 Å². The minimum absolute atomic E-state index is 0.153. The lowest BCUT2D eigenvalue weighted by Gasteiger charge is -2.26. The van der Waals surface area contributed by atoms with Crippen LogP contribution in [0.25, 0.3) is 0 Å². The van der Waals surface area contributed by atoms with Crippen LogP contribution in [0.1, 0.15) is 60.6 Å². The number of rotatable bonds is 6. The van der Waals surface area contributed by atoms with E-state index in [-0.39, 0.29) is 24.8 Å². The van der Waals surface area contributed by atoms with Gasteiger partial charge in [0.15, 0.2) is 0 Å². The Kier molecular flexibility index (Phi) is 6.59. The SMILES string of the molecule is COC(=O)CCNC(=O)c1ccc(C(O)C2CCCCC2)cc1. The van der Waals surface area contributed by atoms with Gasteiger partial charge in [0, 0.05) is 12.1 Å². The number of hydrogen-bond acceptors (Lipinski definition) is 4. The van der Waals surface area contributed by atoms with E-state index in [4.69, 9.17) is 0 Å². The first-order valence-corrected chi connectivity index (χ1v) is 8.25. The Bertz CT molecular complexity index is 520. The van der Waals surface area contributed by atoms with Crippen molar-refractivity contribution in [2.45, 2.75) is 44.6 Å². The first-order chi connectivity index (χ1) is 11.1. The number of benzene rings is 1. The van der Waals surface area contributed by atoms with E-state index in [1.54, 1.807) is 12.1 Å². The van der Waals surface area contributed by atoms with Gasteiger partial charge in [0.05, 0.1) is 19.6 Å². The molecule has 0 radical (unpaired) electrons. The van der Waals surface area contributed by atoms with Crippen molar-refractivity contribution >= 4 is 11.9 Å². The minimum atomic E-state index is -0.452. The summed E-state index contributed by atoms with van der Waals surface area (Å²) in [5.74, 6) is -0.257. The zero-order chi connectivity index (χ0) is 16.7. The fraction of sp³-hybridized carbons (Fsp3) is 0.556. The third kappa shape index (κ3) is 5.06. The molecule has 0 heterocycles. The van der Waals surface area contributed by atoms with Crippen LogP contribution in [0.3, 0.4) is 0 Å². The van der Waals surface area contributed by atoms with Crippen LogP contribution in [0.2, 0.25) is 0 Å². The van der Waals surface area contributed by atoms with E-state index in [1.807, 2.05) is 12.1 Å². The van der Waals surface area contributed by atoms with Gasteiger partial charge in [0.25, 0.3) is 5.91 Å². The van der Waals surface area contributed by atoms with Crippen LogP contribution in [0.15, 0.2) is 24.3 Å². The molecule has 0 aromatic heterocycles. The molecule has 1 aliphatic carbocycles. The molecule has 1 aromatic rings. The van der Waals surface area contributed by atoms with Gasteiger partial charge >= 0.3 is 5.97 Å². The van der Waals surface area contributed by atoms with Crippen molar-refractivity contribution in [3.8, 4) is 0 Å². The number of aliphatic hydroxyl groups is 1. The molecule has 2 N–H and O–H groups in total. The Morgan fingerprint density at radius 2 is 1.87 bits per heavy atom. The number of esters is 1. The van der Waals surface area contributed by atoms with Crippen LogP contribution in [0, 0.1) is 5.92 Å². The molecule has 0 saturated heterocycles. The molecule has 23 heavy (non-hydrogen) atoms. The van der Waals surface area contributed by atoms with Crippen LogP contribution >= 0.6 is 0 Å².